The number of nitrogens with one attached hydrogen (secondary N) is 1. The lowest BCUT2D eigenvalue weighted by Gasteiger charge is -2.16. The third-order valence-corrected chi connectivity index (χ3v) is 3.81. The summed E-state index contributed by atoms with van der Waals surface area (Å²) in [5.41, 5.74) is 0.379. The number of carbonyl (C=O) groups excluding carboxylic acids is 3. The van der Waals surface area contributed by atoms with Crippen molar-refractivity contribution in [1.29, 1.82) is 0 Å². The second-order valence-electron chi connectivity index (χ2n) is 4.16. The van der Waals surface area contributed by atoms with Crippen LogP contribution in [0, 0.1) is 0 Å². The number of ether oxygens (including phenoxy) is 1. The third-order valence-electron chi connectivity index (χ3n) is 2.88. The van der Waals surface area contributed by atoms with Gasteiger partial charge < -0.3 is 15.0 Å². The highest BCUT2D eigenvalue weighted by Gasteiger charge is 2.35. The molecule has 1 aromatic rings. The fourth-order valence-electron chi connectivity index (χ4n) is 2.04. The number of hydrogen-bond acceptors (Lipinski definition) is 5. The maximum absolute atomic E-state index is 12.2. The predicted molar refractivity (Wildman–Crippen MR) is 70.2 cm³/mol. The minimum Gasteiger partial charge on any atom is -0.465 e. The molecule has 0 aliphatic carbocycles. The van der Waals surface area contributed by atoms with Gasteiger partial charge in [0.05, 0.1) is 12.7 Å². The summed E-state index contributed by atoms with van der Waals surface area (Å²) < 4.78 is 4.68. The standard InChI is InChI=1S/C12H14N2O4S/c1-7(15)13-9-3-5-14(10(9)16)11-8(4-6-19-11)12(17)18-2/h4,6,9H,3,5H2,1-2H3,(H,13,15). The number of nitrogens with zero attached hydrogens (tertiary/aromatic N) is 1. The van der Waals surface area contributed by atoms with Gasteiger partial charge in [-0.1, -0.05) is 0 Å². The van der Waals surface area contributed by atoms with E-state index in [9.17, 15) is 14.4 Å². The average molecular weight is 282 g/mol. The summed E-state index contributed by atoms with van der Waals surface area (Å²) in [6, 6.07) is 1.12. The summed E-state index contributed by atoms with van der Waals surface area (Å²) in [4.78, 5) is 36.3. The summed E-state index contributed by atoms with van der Waals surface area (Å²) in [5.74, 6) is -0.894. The van der Waals surface area contributed by atoms with Crippen LogP contribution in [0.3, 0.4) is 0 Å². The van der Waals surface area contributed by atoms with Crippen molar-refractivity contribution in [3.05, 3.63) is 17.0 Å². The van der Waals surface area contributed by atoms with Crippen molar-refractivity contribution < 1.29 is 19.1 Å². The highest BCUT2D eigenvalue weighted by Crippen LogP contribution is 2.31. The van der Waals surface area contributed by atoms with Crippen molar-refractivity contribution in [2.75, 3.05) is 18.6 Å². The molecule has 1 saturated heterocycles. The third kappa shape index (κ3) is 2.60. The zero-order valence-corrected chi connectivity index (χ0v) is 11.5. The maximum atomic E-state index is 12.2. The lowest BCUT2D eigenvalue weighted by Crippen LogP contribution is -2.40. The van der Waals surface area contributed by atoms with E-state index in [1.165, 1.54) is 30.3 Å². The largest absolute Gasteiger partial charge is 0.465 e. The minimum atomic E-state index is -0.509. The summed E-state index contributed by atoms with van der Waals surface area (Å²) in [6.07, 6.45) is 0.539. The normalized spacial score (nSPS) is 18.5. The molecule has 102 valence electrons. The first kappa shape index (κ1) is 13.5. The Morgan fingerprint density at radius 2 is 2.26 bits per heavy atom. The second-order valence-corrected chi connectivity index (χ2v) is 5.06. The van der Waals surface area contributed by atoms with Gasteiger partial charge in [0.25, 0.3) is 0 Å². The van der Waals surface area contributed by atoms with Crippen LogP contribution in [0.2, 0.25) is 0 Å². The van der Waals surface area contributed by atoms with Gasteiger partial charge in [0.15, 0.2) is 0 Å². The number of hydrogen-bond donors (Lipinski definition) is 1. The molecular formula is C12H14N2O4S. The molecule has 1 atom stereocenters. The van der Waals surface area contributed by atoms with Crippen LogP contribution < -0.4 is 10.2 Å². The van der Waals surface area contributed by atoms with E-state index >= 15 is 0 Å². The van der Waals surface area contributed by atoms with Gasteiger partial charge in [0.2, 0.25) is 11.8 Å². The Bertz CT molecular complexity index is 526. The Balaban J connectivity index is 2.20. The van der Waals surface area contributed by atoms with Crippen LogP contribution in [0.1, 0.15) is 23.7 Å². The molecule has 1 aliphatic rings. The van der Waals surface area contributed by atoms with Crippen molar-refractivity contribution in [3.63, 3.8) is 0 Å². The molecule has 2 rings (SSSR count). The summed E-state index contributed by atoms with van der Waals surface area (Å²) in [7, 11) is 1.30. The molecule has 2 amide bonds. The number of esters is 1. The lowest BCUT2D eigenvalue weighted by molar-refractivity contribution is -0.125. The zero-order valence-electron chi connectivity index (χ0n) is 10.6. The zero-order chi connectivity index (χ0) is 14.0. The van der Waals surface area contributed by atoms with Gasteiger partial charge >= 0.3 is 5.97 Å². The molecule has 1 N–H and O–H groups in total. The van der Waals surface area contributed by atoms with Gasteiger partial charge in [-0.2, -0.15) is 0 Å². The van der Waals surface area contributed by atoms with Gasteiger partial charge in [-0.3, -0.25) is 9.59 Å². The van der Waals surface area contributed by atoms with E-state index in [1.807, 2.05) is 0 Å². The molecule has 0 spiro atoms. The smallest absolute Gasteiger partial charge is 0.340 e. The summed E-state index contributed by atoms with van der Waals surface area (Å²) in [6.45, 7) is 1.86. The Hall–Kier alpha value is -1.89. The van der Waals surface area contributed by atoms with Crippen LogP contribution in [0.15, 0.2) is 11.4 Å². The Kier molecular flexibility index (Phi) is 3.84. The second kappa shape index (κ2) is 5.40. The minimum absolute atomic E-state index is 0.192. The van der Waals surface area contributed by atoms with E-state index in [0.29, 0.717) is 23.5 Å². The van der Waals surface area contributed by atoms with Gasteiger partial charge in [-0.05, 0) is 17.9 Å². The van der Waals surface area contributed by atoms with Gasteiger partial charge in [-0.15, -0.1) is 11.3 Å². The summed E-state index contributed by atoms with van der Waals surface area (Å²) >= 11 is 1.31. The fourth-order valence-corrected chi connectivity index (χ4v) is 2.96. The molecule has 2 heterocycles. The fraction of sp³-hybridized carbons (Fsp3) is 0.417. The molecule has 1 unspecified atom stereocenters. The SMILES string of the molecule is COC(=O)c1ccsc1N1CCC(NC(C)=O)C1=O. The van der Waals surface area contributed by atoms with Crippen molar-refractivity contribution >= 4 is 34.1 Å². The van der Waals surface area contributed by atoms with Gasteiger partial charge in [-0.25, -0.2) is 4.79 Å². The van der Waals surface area contributed by atoms with E-state index in [1.54, 1.807) is 11.4 Å². The van der Waals surface area contributed by atoms with E-state index in [-0.39, 0.29) is 11.8 Å². The van der Waals surface area contributed by atoms with Crippen LogP contribution in [0.25, 0.3) is 0 Å². The van der Waals surface area contributed by atoms with Crippen molar-refractivity contribution in [3.8, 4) is 0 Å². The molecule has 0 bridgehead atoms. The number of carbonyl (C=O) groups is 3. The van der Waals surface area contributed by atoms with E-state index in [4.69, 9.17) is 0 Å². The van der Waals surface area contributed by atoms with Crippen LogP contribution in [0.5, 0.6) is 0 Å². The molecule has 0 aromatic carbocycles. The Morgan fingerprint density at radius 3 is 2.89 bits per heavy atom. The molecular weight excluding hydrogens is 268 g/mol. The van der Waals surface area contributed by atoms with Crippen molar-refractivity contribution in [2.45, 2.75) is 19.4 Å². The first-order chi connectivity index (χ1) is 9.04. The van der Waals surface area contributed by atoms with Crippen molar-refractivity contribution in [2.24, 2.45) is 0 Å². The van der Waals surface area contributed by atoms with E-state index in [2.05, 4.69) is 10.1 Å². The quantitative estimate of drug-likeness (QED) is 0.831. The number of anilines is 1. The highest BCUT2D eigenvalue weighted by molar-refractivity contribution is 7.14. The van der Waals surface area contributed by atoms with Crippen LogP contribution in [-0.4, -0.2) is 37.5 Å². The lowest BCUT2D eigenvalue weighted by atomic mass is 10.2. The highest BCUT2D eigenvalue weighted by atomic mass is 32.1. The summed E-state index contributed by atoms with van der Waals surface area (Å²) in [5, 5.41) is 4.91. The topological polar surface area (TPSA) is 75.7 Å². The van der Waals surface area contributed by atoms with Gasteiger partial charge in [0.1, 0.15) is 11.0 Å². The van der Waals surface area contributed by atoms with Gasteiger partial charge in [0, 0.05) is 13.5 Å². The van der Waals surface area contributed by atoms with Crippen LogP contribution in [0.4, 0.5) is 5.00 Å². The molecule has 1 aliphatic heterocycles. The molecule has 0 saturated carbocycles. The average Bonchev–Trinajstić information content (AvgIpc) is 2.96. The van der Waals surface area contributed by atoms with Crippen LogP contribution >= 0.6 is 11.3 Å². The monoisotopic (exact) mass is 282 g/mol. The first-order valence-corrected chi connectivity index (χ1v) is 6.67. The molecule has 1 aromatic heterocycles. The molecule has 6 nitrogen and oxygen atoms in total. The Morgan fingerprint density at radius 1 is 1.53 bits per heavy atom. The van der Waals surface area contributed by atoms with Crippen molar-refractivity contribution in [1.82, 2.24) is 5.32 Å². The number of rotatable bonds is 3. The molecule has 1 fully saturated rings. The number of thiophene rings is 1. The number of methoxy groups -OCH3 is 1. The van der Waals surface area contributed by atoms with Crippen LogP contribution in [-0.2, 0) is 14.3 Å². The first-order valence-electron chi connectivity index (χ1n) is 5.79. The predicted octanol–water partition coefficient (Wildman–Crippen LogP) is 0.776. The maximum Gasteiger partial charge on any atom is 0.340 e. The molecule has 0 radical (unpaired) electrons. The molecule has 7 heteroatoms. The molecule has 19 heavy (non-hydrogen) atoms. The number of amides is 2. The Labute approximate surface area is 114 Å². The van der Waals surface area contributed by atoms with E-state index in [0.717, 1.165) is 0 Å². The van der Waals surface area contributed by atoms with E-state index < -0.39 is 12.0 Å².